The summed E-state index contributed by atoms with van der Waals surface area (Å²) in [5.74, 6) is 1.55. The van der Waals surface area contributed by atoms with E-state index in [0.29, 0.717) is 12.0 Å². The maximum atomic E-state index is 4.41. The molecular weight excluding hydrogens is 238 g/mol. The molecule has 2 aliphatic heterocycles. The van der Waals surface area contributed by atoms with Gasteiger partial charge in [0.05, 0.1) is 0 Å². The highest BCUT2D eigenvalue weighted by Crippen LogP contribution is 2.24. The second-order valence-electron chi connectivity index (χ2n) is 5.80. The number of hydrogen-bond acceptors (Lipinski definition) is 5. The smallest absolute Gasteiger partial charge is 0.132 e. The normalized spacial score (nSPS) is 21.7. The number of nitrogens with zero attached hydrogens (tertiary/aromatic N) is 4. The summed E-state index contributed by atoms with van der Waals surface area (Å²) in [6.45, 7) is 11.2. The number of aromatic nitrogens is 2. The van der Waals surface area contributed by atoms with Gasteiger partial charge in [-0.2, -0.15) is 0 Å². The van der Waals surface area contributed by atoms with E-state index in [1.807, 2.05) is 0 Å². The van der Waals surface area contributed by atoms with Crippen LogP contribution in [0.2, 0.25) is 0 Å². The minimum absolute atomic E-state index is 0.465. The van der Waals surface area contributed by atoms with Gasteiger partial charge in [0.1, 0.15) is 12.1 Å². The molecule has 104 valence electrons. The third kappa shape index (κ3) is 2.72. The van der Waals surface area contributed by atoms with E-state index < -0.39 is 0 Å². The maximum absolute atomic E-state index is 4.41. The molecule has 0 amide bonds. The average molecular weight is 261 g/mol. The number of anilines is 1. The number of hydrogen-bond donors (Lipinski definition) is 1. The molecule has 0 spiro atoms. The van der Waals surface area contributed by atoms with Gasteiger partial charge in [0.25, 0.3) is 0 Å². The fourth-order valence-corrected chi connectivity index (χ4v) is 2.77. The highest BCUT2D eigenvalue weighted by Gasteiger charge is 2.33. The summed E-state index contributed by atoms with van der Waals surface area (Å²) in [5, 5.41) is 3.40. The zero-order valence-corrected chi connectivity index (χ0v) is 11.8. The molecular formula is C14H23N5. The zero-order valence-electron chi connectivity index (χ0n) is 11.8. The van der Waals surface area contributed by atoms with Gasteiger partial charge in [-0.05, 0) is 5.92 Å². The fraction of sp³-hybridized carbons (Fsp3) is 0.714. The fourth-order valence-electron chi connectivity index (χ4n) is 2.77. The Morgan fingerprint density at radius 2 is 1.95 bits per heavy atom. The van der Waals surface area contributed by atoms with Crippen molar-refractivity contribution in [3.63, 3.8) is 0 Å². The lowest BCUT2D eigenvalue weighted by Crippen LogP contribution is -2.63. The van der Waals surface area contributed by atoms with E-state index in [9.17, 15) is 0 Å². The van der Waals surface area contributed by atoms with Gasteiger partial charge in [0.2, 0.25) is 0 Å². The van der Waals surface area contributed by atoms with Gasteiger partial charge in [-0.3, -0.25) is 4.90 Å². The lowest BCUT2D eigenvalue weighted by molar-refractivity contribution is 0.147. The van der Waals surface area contributed by atoms with Crippen LogP contribution in [0.1, 0.15) is 25.5 Å². The Hall–Kier alpha value is -1.20. The van der Waals surface area contributed by atoms with E-state index in [1.165, 1.54) is 13.1 Å². The molecule has 1 aromatic heterocycles. The van der Waals surface area contributed by atoms with E-state index in [4.69, 9.17) is 0 Å². The van der Waals surface area contributed by atoms with Crippen LogP contribution in [0.25, 0.3) is 0 Å². The van der Waals surface area contributed by atoms with Gasteiger partial charge in [-0.1, -0.05) is 13.8 Å². The van der Waals surface area contributed by atoms with Crippen LogP contribution in [-0.2, 0) is 0 Å². The summed E-state index contributed by atoms with van der Waals surface area (Å²) < 4.78 is 0. The first-order valence-electron chi connectivity index (χ1n) is 7.25. The molecule has 0 aliphatic carbocycles. The predicted molar refractivity (Wildman–Crippen MR) is 76.6 cm³/mol. The Bertz CT molecular complexity index is 422. The molecule has 3 rings (SSSR count). The second kappa shape index (κ2) is 5.43. The molecule has 1 N–H and O–H groups in total. The summed E-state index contributed by atoms with van der Waals surface area (Å²) in [7, 11) is 0. The Morgan fingerprint density at radius 1 is 1.21 bits per heavy atom. The monoisotopic (exact) mass is 261 g/mol. The molecule has 2 saturated heterocycles. The third-order valence-corrected chi connectivity index (χ3v) is 4.12. The maximum Gasteiger partial charge on any atom is 0.132 e. The zero-order chi connectivity index (χ0) is 13.2. The van der Waals surface area contributed by atoms with Gasteiger partial charge < -0.3 is 10.2 Å². The van der Waals surface area contributed by atoms with Crippen molar-refractivity contribution in [1.82, 2.24) is 20.2 Å². The van der Waals surface area contributed by atoms with Crippen molar-refractivity contribution in [2.45, 2.75) is 25.8 Å². The molecule has 0 saturated carbocycles. The van der Waals surface area contributed by atoms with Crippen LogP contribution in [0.5, 0.6) is 0 Å². The molecule has 5 nitrogen and oxygen atoms in total. The van der Waals surface area contributed by atoms with Crippen LogP contribution < -0.4 is 10.2 Å². The van der Waals surface area contributed by atoms with Crippen LogP contribution in [-0.4, -0.2) is 60.2 Å². The summed E-state index contributed by atoms with van der Waals surface area (Å²) in [6.07, 6.45) is 1.70. The summed E-state index contributed by atoms with van der Waals surface area (Å²) in [4.78, 5) is 13.7. The summed E-state index contributed by atoms with van der Waals surface area (Å²) in [6, 6.07) is 2.85. The molecule has 0 aromatic carbocycles. The molecule has 0 bridgehead atoms. The number of rotatable bonds is 3. The molecule has 0 radical (unpaired) electrons. The Morgan fingerprint density at radius 3 is 2.63 bits per heavy atom. The van der Waals surface area contributed by atoms with E-state index in [2.05, 4.69) is 45.0 Å². The van der Waals surface area contributed by atoms with Crippen LogP contribution in [0.4, 0.5) is 5.82 Å². The first kappa shape index (κ1) is 12.8. The topological polar surface area (TPSA) is 44.3 Å². The third-order valence-electron chi connectivity index (χ3n) is 4.12. The van der Waals surface area contributed by atoms with E-state index in [0.717, 1.165) is 37.7 Å². The lowest BCUT2D eigenvalue weighted by Gasteiger charge is -2.47. The summed E-state index contributed by atoms with van der Waals surface area (Å²) >= 11 is 0. The standard InChI is InChI=1S/C14H23N5/c1-11(2)13-7-14(17-10-16-13)19-8-12(9-19)18-5-3-15-4-6-18/h7,10-12,15H,3-6,8-9H2,1-2H3. The van der Waals surface area contributed by atoms with Gasteiger partial charge >= 0.3 is 0 Å². The lowest BCUT2D eigenvalue weighted by atomic mass is 10.1. The van der Waals surface area contributed by atoms with Gasteiger partial charge in [-0.25, -0.2) is 9.97 Å². The quantitative estimate of drug-likeness (QED) is 0.867. The second-order valence-corrected chi connectivity index (χ2v) is 5.80. The minimum Gasteiger partial charge on any atom is -0.353 e. The highest BCUT2D eigenvalue weighted by atomic mass is 15.3. The molecule has 3 heterocycles. The Kier molecular flexibility index (Phi) is 3.66. The van der Waals surface area contributed by atoms with E-state index in [1.54, 1.807) is 6.33 Å². The van der Waals surface area contributed by atoms with Gasteiger partial charge in [0.15, 0.2) is 0 Å². The van der Waals surface area contributed by atoms with Crippen molar-refractivity contribution in [2.24, 2.45) is 0 Å². The highest BCUT2D eigenvalue weighted by molar-refractivity contribution is 5.43. The number of piperazine rings is 1. The molecule has 0 unspecified atom stereocenters. The Labute approximate surface area is 115 Å². The Balaban J connectivity index is 1.59. The van der Waals surface area contributed by atoms with Crippen molar-refractivity contribution in [2.75, 3.05) is 44.2 Å². The molecule has 2 fully saturated rings. The van der Waals surface area contributed by atoms with Crippen molar-refractivity contribution in [3.8, 4) is 0 Å². The van der Waals surface area contributed by atoms with Gasteiger partial charge in [-0.15, -0.1) is 0 Å². The minimum atomic E-state index is 0.465. The van der Waals surface area contributed by atoms with E-state index in [-0.39, 0.29) is 0 Å². The molecule has 1 aromatic rings. The average Bonchev–Trinajstić information content (AvgIpc) is 2.39. The molecule has 5 heteroatoms. The van der Waals surface area contributed by atoms with Crippen LogP contribution >= 0.6 is 0 Å². The van der Waals surface area contributed by atoms with Crippen molar-refractivity contribution < 1.29 is 0 Å². The molecule has 19 heavy (non-hydrogen) atoms. The first-order chi connectivity index (χ1) is 9.24. The van der Waals surface area contributed by atoms with Crippen LogP contribution in [0.15, 0.2) is 12.4 Å². The van der Waals surface area contributed by atoms with Crippen molar-refractivity contribution >= 4 is 5.82 Å². The van der Waals surface area contributed by atoms with E-state index >= 15 is 0 Å². The van der Waals surface area contributed by atoms with Crippen molar-refractivity contribution in [1.29, 1.82) is 0 Å². The van der Waals surface area contributed by atoms with Crippen LogP contribution in [0, 0.1) is 0 Å². The SMILES string of the molecule is CC(C)c1cc(N2CC(N3CCNCC3)C2)ncn1. The van der Waals surface area contributed by atoms with Gasteiger partial charge in [0, 0.05) is 57.1 Å². The largest absolute Gasteiger partial charge is 0.353 e. The molecule has 0 atom stereocenters. The predicted octanol–water partition coefficient (Wildman–Crippen LogP) is 0.694. The summed E-state index contributed by atoms with van der Waals surface area (Å²) in [5.41, 5.74) is 1.13. The number of nitrogens with one attached hydrogen (secondary N) is 1. The first-order valence-corrected chi connectivity index (χ1v) is 7.25. The van der Waals surface area contributed by atoms with Crippen molar-refractivity contribution in [3.05, 3.63) is 18.1 Å². The van der Waals surface area contributed by atoms with Crippen LogP contribution in [0.3, 0.4) is 0 Å². The molecule has 2 aliphatic rings.